The van der Waals surface area contributed by atoms with Gasteiger partial charge in [0.05, 0.1) is 12.2 Å². The summed E-state index contributed by atoms with van der Waals surface area (Å²) >= 11 is 0. The van der Waals surface area contributed by atoms with Crippen molar-refractivity contribution in [1.82, 2.24) is 0 Å². The van der Waals surface area contributed by atoms with Gasteiger partial charge in [0.2, 0.25) is 0 Å². The molecule has 0 aromatic rings. The van der Waals surface area contributed by atoms with Gasteiger partial charge in [0.1, 0.15) is 0 Å². The third-order valence-electron chi connectivity index (χ3n) is 4.11. The quantitative estimate of drug-likeness (QED) is 0.201. The molecule has 0 aromatic heterocycles. The van der Waals surface area contributed by atoms with Crippen LogP contribution in [0.1, 0.15) is 71.1 Å². The maximum atomic E-state index is 10.3. The predicted molar refractivity (Wildman–Crippen MR) is 95.6 cm³/mol. The maximum absolute atomic E-state index is 10.3. The molecule has 2 unspecified atom stereocenters. The average Bonchev–Trinajstić information content (AvgIpc) is 3.27. The second kappa shape index (κ2) is 13.1. The zero-order valence-corrected chi connectivity index (χ0v) is 14.5. The van der Waals surface area contributed by atoms with E-state index in [1.807, 2.05) is 12.2 Å². The molecule has 1 fully saturated rings. The van der Waals surface area contributed by atoms with Crippen LogP contribution in [0, 0.1) is 0 Å². The average molecular weight is 320 g/mol. The monoisotopic (exact) mass is 320 g/mol. The number of rotatable bonds is 14. The zero-order chi connectivity index (χ0) is 16.8. The van der Waals surface area contributed by atoms with Crippen molar-refractivity contribution < 1.29 is 14.6 Å². The summed E-state index contributed by atoms with van der Waals surface area (Å²) in [5.74, 6) is -0.922. The molecule has 0 bridgehead atoms. The van der Waals surface area contributed by atoms with E-state index in [1.165, 1.54) is 63.9 Å². The summed E-state index contributed by atoms with van der Waals surface area (Å²) in [6.07, 6.45) is 24.2. The van der Waals surface area contributed by atoms with Crippen molar-refractivity contribution in [1.29, 1.82) is 0 Å². The smallest absolute Gasteiger partial charge is 0.328 e. The molecular weight excluding hydrogens is 288 g/mol. The molecule has 1 aliphatic heterocycles. The highest BCUT2D eigenvalue weighted by Gasteiger charge is 2.36. The number of ether oxygens (including phenoxy) is 1. The van der Waals surface area contributed by atoms with Crippen LogP contribution in [0.3, 0.4) is 0 Å². The highest BCUT2D eigenvalue weighted by atomic mass is 16.6. The zero-order valence-electron chi connectivity index (χ0n) is 14.5. The number of hydrogen-bond donors (Lipinski definition) is 1. The Hall–Kier alpha value is -1.35. The van der Waals surface area contributed by atoms with Crippen molar-refractivity contribution >= 4 is 5.97 Å². The minimum atomic E-state index is -0.922. The Labute approximate surface area is 141 Å². The molecular formula is C20H32O3. The molecule has 0 aromatic carbocycles. The Morgan fingerprint density at radius 1 is 0.913 bits per heavy atom. The van der Waals surface area contributed by atoms with Crippen LogP contribution in [0.2, 0.25) is 0 Å². The second-order valence-electron chi connectivity index (χ2n) is 6.22. The largest absolute Gasteiger partial charge is 0.478 e. The van der Waals surface area contributed by atoms with E-state index in [0.29, 0.717) is 12.2 Å². The Morgan fingerprint density at radius 3 is 2.26 bits per heavy atom. The fourth-order valence-electron chi connectivity index (χ4n) is 2.68. The third kappa shape index (κ3) is 11.8. The number of hydrogen-bond acceptors (Lipinski definition) is 2. The van der Waals surface area contributed by atoms with Crippen molar-refractivity contribution in [2.45, 2.75) is 83.3 Å². The number of carboxylic acid groups (broad SMARTS) is 1. The van der Waals surface area contributed by atoms with E-state index in [4.69, 9.17) is 9.84 Å². The van der Waals surface area contributed by atoms with Crippen LogP contribution in [0.25, 0.3) is 0 Å². The number of epoxide rings is 1. The van der Waals surface area contributed by atoms with E-state index in [9.17, 15) is 4.79 Å². The molecule has 1 rings (SSSR count). The van der Waals surface area contributed by atoms with Gasteiger partial charge in [-0.15, -0.1) is 0 Å². The van der Waals surface area contributed by atoms with Crippen LogP contribution < -0.4 is 0 Å². The van der Waals surface area contributed by atoms with E-state index in [2.05, 4.69) is 13.0 Å². The first-order valence-electron chi connectivity index (χ1n) is 9.12. The molecule has 23 heavy (non-hydrogen) atoms. The Bertz CT molecular complexity index is 396. The van der Waals surface area contributed by atoms with Crippen molar-refractivity contribution in [3.8, 4) is 0 Å². The number of allylic oxidation sites excluding steroid dienone is 4. The van der Waals surface area contributed by atoms with Gasteiger partial charge in [-0.05, 0) is 12.8 Å². The topological polar surface area (TPSA) is 49.8 Å². The van der Waals surface area contributed by atoms with Crippen molar-refractivity contribution in [2.24, 2.45) is 0 Å². The van der Waals surface area contributed by atoms with Crippen LogP contribution in [0.4, 0.5) is 0 Å². The fraction of sp³-hybridized carbons (Fsp3) is 0.650. The second-order valence-corrected chi connectivity index (χ2v) is 6.22. The van der Waals surface area contributed by atoms with Crippen LogP contribution in [-0.2, 0) is 9.53 Å². The maximum Gasteiger partial charge on any atom is 0.328 e. The van der Waals surface area contributed by atoms with Gasteiger partial charge in [0.25, 0.3) is 0 Å². The van der Waals surface area contributed by atoms with E-state index >= 15 is 0 Å². The lowest BCUT2D eigenvalue weighted by Crippen LogP contribution is -1.92. The van der Waals surface area contributed by atoms with Gasteiger partial charge in [-0.25, -0.2) is 4.79 Å². The van der Waals surface area contributed by atoms with Gasteiger partial charge in [-0.3, -0.25) is 0 Å². The lowest BCUT2D eigenvalue weighted by molar-refractivity contribution is -0.131. The highest BCUT2D eigenvalue weighted by molar-refractivity contribution is 5.80. The standard InChI is InChI=1S/C20H32O3/c1-2-3-4-5-6-7-9-12-15-18-19(23-18)16-13-10-8-11-14-17-20(21)22/h8,10-11,13-14,17-19H,2-7,9,12,15-16H2,1H3,(H,21,22). The first-order chi connectivity index (χ1) is 11.2. The Morgan fingerprint density at radius 2 is 1.57 bits per heavy atom. The SMILES string of the molecule is CCCCCCCCCCC1OC1CC=CC=CC=CC(=O)O. The minimum Gasteiger partial charge on any atom is -0.478 e. The van der Waals surface area contributed by atoms with Gasteiger partial charge in [0.15, 0.2) is 0 Å². The van der Waals surface area contributed by atoms with Gasteiger partial charge < -0.3 is 9.84 Å². The first-order valence-corrected chi connectivity index (χ1v) is 9.12. The van der Waals surface area contributed by atoms with Gasteiger partial charge in [-0.1, -0.05) is 88.7 Å². The molecule has 3 nitrogen and oxygen atoms in total. The molecule has 0 radical (unpaired) electrons. The molecule has 0 spiro atoms. The predicted octanol–water partition coefficient (Wildman–Crippen LogP) is 5.43. The molecule has 0 amide bonds. The lowest BCUT2D eigenvalue weighted by Gasteiger charge is -2.00. The van der Waals surface area contributed by atoms with Crippen LogP contribution in [0.5, 0.6) is 0 Å². The number of carbonyl (C=O) groups is 1. The molecule has 0 aliphatic carbocycles. The van der Waals surface area contributed by atoms with Crippen LogP contribution in [-0.4, -0.2) is 23.3 Å². The van der Waals surface area contributed by atoms with Crippen molar-refractivity contribution in [3.63, 3.8) is 0 Å². The fourth-order valence-corrected chi connectivity index (χ4v) is 2.68. The van der Waals surface area contributed by atoms with Crippen molar-refractivity contribution in [3.05, 3.63) is 36.5 Å². The first kappa shape index (κ1) is 19.7. The molecule has 1 aliphatic rings. The Balaban J connectivity index is 1.90. The van der Waals surface area contributed by atoms with Gasteiger partial charge in [0, 0.05) is 6.08 Å². The van der Waals surface area contributed by atoms with E-state index in [-0.39, 0.29) is 0 Å². The summed E-state index contributed by atoms with van der Waals surface area (Å²) in [6, 6.07) is 0. The molecule has 1 heterocycles. The minimum absolute atomic E-state index is 0.402. The number of aliphatic carboxylic acids is 1. The molecule has 0 saturated carbocycles. The molecule has 3 heteroatoms. The summed E-state index contributed by atoms with van der Waals surface area (Å²) in [4.78, 5) is 10.3. The summed E-state index contributed by atoms with van der Waals surface area (Å²) in [7, 11) is 0. The molecule has 130 valence electrons. The van der Waals surface area contributed by atoms with Crippen molar-refractivity contribution in [2.75, 3.05) is 0 Å². The third-order valence-corrected chi connectivity index (χ3v) is 4.11. The van der Waals surface area contributed by atoms with E-state index < -0.39 is 5.97 Å². The van der Waals surface area contributed by atoms with E-state index in [1.54, 1.807) is 6.08 Å². The lowest BCUT2D eigenvalue weighted by atomic mass is 10.1. The molecule has 2 atom stereocenters. The van der Waals surface area contributed by atoms with Crippen LogP contribution in [0.15, 0.2) is 36.5 Å². The molecule has 1 saturated heterocycles. The summed E-state index contributed by atoms with van der Waals surface area (Å²) in [5.41, 5.74) is 0. The molecule has 1 N–H and O–H groups in total. The van der Waals surface area contributed by atoms with Gasteiger partial charge >= 0.3 is 5.97 Å². The number of unbranched alkanes of at least 4 members (excludes halogenated alkanes) is 7. The Kier molecular flexibility index (Phi) is 11.2. The highest BCUT2D eigenvalue weighted by Crippen LogP contribution is 2.30. The summed E-state index contributed by atoms with van der Waals surface area (Å²) in [5, 5.41) is 8.42. The van der Waals surface area contributed by atoms with Gasteiger partial charge in [-0.2, -0.15) is 0 Å². The summed E-state index contributed by atoms with van der Waals surface area (Å²) < 4.78 is 5.67. The summed E-state index contributed by atoms with van der Waals surface area (Å²) in [6.45, 7) is 2.26. The number of carboxylic acids is 1. The normalized spacial score (nSPS) is 20.9. The van der Waals surface area contributed by atoms with Crippen LogP contribution >= 0.6 is 0 Å². The van der Waals surface area contributed by atoms with E-state index in [0.717, 1.165) is 12.5 Å².